The summed E-state index contributed by atoms with van der Waals surface area (Å²) in [7, 11) is 0. The number of fused-ring (bicyclic) bond motifs is 1. The standard InChI is InChI=1S/C26H23FN6O3/c1-2-11-32-21-10-9-20(16-28)29-22(21)24(25(26(32)34)33(35)36)31-14-12-30(13-15-31)23(17-3-4-17)18-5-7-19(27)8-6-18/h1,5-10,17,23H,3-4,11-15H2/t23-/m0/s1. The second-order valence-corrected chi connectivity index (χ2v) is 9.08. The number of hydrogen-bond donors (Lipinski definition) is 0. The van der Waals surface area contributed by atoms with E-state index in [4.69, 9.17) is 6.42 Å². The van der Waals surface area contributed by atoms with E-state index in [0.29, 0.717) is 37.6 Å². The molecule has 1 aromatic carbocycles. The molecule has 3 aromatic rings. The van der Waals surface area contributed by atoms with E-state index in [-0.39, 0.29) is 35.3 Å². The normalized spacial score (nSPS) is 16.9. The van der Waals surface area contributed by atoms with Gasteiger partial charge in [-0.3, -0.25) is 24.4 Å². The zero-order valence-electron chi connectivity index (χ0n) is 19.4. The summed E-state index contributed by atoms with van der Waals surface area (Å²) in [6.07, 6.45) is 7.63. The van der Waals surface area contributed by atoms with Gasteiger partial charge in [0.15, 0.2) is 5.69 Å². The summed E-state index contributed by atoms with van der Waals surface area (Å²) in [5.41, 5.74) is 0.439. The molecule has 1 aliphatic heterocycles. The Bertz CT molecular complexity index is 1480. The van der Waals surface area contributed by atoms with E-state index < -0.39 is 16.2 Å². The van der Waals surface area contributed by atoms with E-state index in [1.807, 2.05) is 18.2 Å². The molecule has 9 nitrogen and oxygen atoms in total. The predicted octanol–water partition coefficient (Wildman–Crippen LogP) is 3.22. The van der Waals surface area contributed by atoms with Crippen molar-refractivity contribution in [1.82, 2.24) is 14.5 Å². The zero-order chi connectivity index (χ0) is 25.4. The summed E-state index contributed by atoms with van der Waals surface area (Å²) in [4.78, 5) is 33.1. The number of nitriles is 1. The maximum absolute atomic E-state index is 13.5. The van der Waals surface area contributed by atoms with Crippen LogP contribution in [-0.4, -0.2) is 45.6 Å². The quantitative estimate of drug-likeness (QED) is 0.299. The number of nitrogens with zero attached hydrogens (tertiary/aromatic N) is 6. The van der Waals surface area contributed by atoms with Crippen LogP contribution >= 0.6 is 0 Å². The lowest BCUT2D eigenvalue weighted by atomic mass is 9.99. The molecule has 1 saturated heterocycles. The van der Waals surface area contributed by atoms with Gasteiger partial charge in [-0.05, 0) is 48.6 Å². The predicted molar refractivity (Wildman–Crippen MR) is 132 cm³/mol. The largest absolute Gasteiger partial charge is 0.361 e. The highest BCUT2D eigenvalue weighted by atomic mass is 19.1. The van der Waals surface area contributed by atoms with Crippen LogP contribution in [0.25, 0.3) is 11.0 Å². The van der Waals surface area contributed by atoms with Gasteiger partial charge in [-0.25, -0.2) is 9.37 Å². The average Bonchev–Trinajstić information content (AvgIpc) is 3.72. The molecule has 0 amide bonds. The van der Waals surface area contributed by atoms with Crippen molar-refractivity contribution in [1.29, 1.82) is 5.26 Å². The van der Waals surface area contributed by atoms with Gasteiger partial charge in [0.25, 0.3) is 0 Å². The molecule has 10 heteroatoms. The molecule has 36 heavy (non-hydrogen) atoms. The first-order chi connectivity index (χ1) is 17.4. The van der Waals surface area contributed by atoms with Gasteiger partial charge in [-0.2, -0.15) is 5.26 Å². The Morgan fingerprint density at radius 2 is 1.86 bits per heavy atom. The molecule has 0 N–H and O–H groups in total. The van der Waals surface area contributed by atoms with Crippen LogP contribution < -0.4 is 10.5 Å². The maximum Gasteiger partial charge on any atom is 0.359 e. The summed E-state index contributed by atoms with van der Waals surface area (Å²) in [5, 5.41) is 21.5. The number of rotatable bonds is 6. The van der Waals surface area contributed by atoms with Crippen LogP contribution in [0.2, 0.25) is 0 Å². The van der Waals surface area contributed by atoms with Crippen LogP contribution in [0.15, 0.2) is 41.2 Å². The number of halogens is 1. The molecule has 0 bridgehead atoms. The van der Waals surface area contributed by atoms with E-state index in [2.05, 4.69) is 15.8 Å². The Kier molecular flexibility index (Phi) is 6.13. The molecule has 5 rings (SSSR count). The molecule has 0 radical (unpaired) electrons. The number of terminal acetylenes is 1. The first-order valence-corrected chi connectivity index (χ1v) is 11.7. The van der Waals surface area contributed by atoms with Crippen molar-refractivity contribution in [2.45, 2.75) is 25.4 Å². The van der Waals surface area contributed by atoms with Crippen molar-refractivity contribution in [3.05, 3.63) is 73.9 Å². The Labute approximate surface area is 206 Å². The van der Waals surface area contributed by atoms with Gasteiger partial charge < -0.3 is 4.90 Å². The Morgan fingerprint density at radius 1 is 1.17 bits per heavy atom. The van der Waals surface area contributed by atoms with E-state index >= 15 is 0 Å². The van der Waals surface area contributed by atoms with Gasteiger partial charge in [0, 0.05) is 32.2 Å². The minimum absolute atomic E-state index is 0.0905. The number of anilines is 1. The second kappa shape index (κ2) is 9.40. The third-order valence-corrected chi connectivity index (χ3v) is 6.91. The first-order valence-electron chi connectivity index (χ1n) is 11.7. The van der Waals surface area contributed by atoms with Crippen molar-refractivity contribution < 1.29 is 9.31 Å². The molecule has 2 aliphatic rings. The second-order valence-electron chi connectivity index (χ2n) is 9.08. The van der Waals surface area contributed by atoms with Gasteiger partial charge in [-0.15, -0.1) is 6.42 Å². The highest BCUT2D eigenvalue weighted by Gasteiger charge is 2.39. The van der Waals surface area contributed by atoms with Gasteiger partial charge in [0.2, 0.25) is 0 Å². The van der Waals surface area contributed by atoms with E-state index in [1.54, 1.807) is 11.0 Å². The number of hydrogen-bond acceptors (Lipinski definition) is 7. The molecule has 2 aromatic heterocycles. The van der Waals surface area contributed by atoms with Crippen molar-refractivity contribution in [3.63, 3.8) is 0 Å². The smallest absolute Gasteiger partial charge is 0.359 e. The summed E-state index contributed by atoms with van der Waals surface area (Å²) in [5.74, 6) is 2.58. The number of nitro groups is 1. The van der Waals surface area contributed by atoms with Crippen LogP contribution in [0.3, 0.4) is 0 Å². The molecule has 3 heterocycles. The number of piperazine rings is 1. The van der Waals surface area contributed by atoms with Crippen molar-refractivity contribution in [2.75, 3.05) is 31.1 Å². The van der Waals surface area contributed by atoms with Crippen LogP contribution in [0.1, 0.15) is 30.1 Å². The monoisotopic (exact) mass is 486 g/mol. The maximum atomic E-state index is 13.5. The van der Waals surface area contributed by atoms with Crippen LogP contribution in [0, 0.1) is 45.5 Å². The Balaban J connectivity index is 1.54. The summed E-state index contributed by atoms with van der Waals surface area (Å²) in [6.45, 7) is 1.90. The zero-order valence-corrected chi connectivity index (χ0v) is 19.4. The number of pyridine rings is 2. The fraction of sp³-hybridized carbons (Fsp3) is 0.346. The Hall–Kier alpha value is -4.28. The minimum Gasteiger partial charge on any atom is -0.361 e. The molecule has 0 spiro atoms. The van der Waals surface area contributed by atoms with Gasteiger partial charge in [0.1, 0.15) is 23.1 Å². The van der Waals surface area contributed by atoms with Crippen molar-refractivity contribution >= 4 is 22.4 Å². The third-order valence-electron chi connectivity index (χ3n) is 6.91. The molecular weight excluding hydrogens is 463 g/mol. The molecule has 1 aliphatic carbocycles. The topological polar surface area (TPSA) is 108 Å². The lowest BCUT2D eigenvalue weighted by molar-refractivity contribution is -0.385. The van der Waals surface area contributed by atoms with E-state index in [9.17, 15) is 24.6 Å². The van der Waals surface area contributed by atoms with Gasteiger partial charge in [-0.1, -0.05) is 18.1 Å². The summed E-state index contributed by atoms with van der Waals surface area (Å²) >= 11 is 0. The fourth-order valence-electron chi connectivity index (χ4n) is 5.15. The Morgan fingerprint density at radius 3 is 2.44 bits per heavy atom. The molecule has 2 fully saturated rings. The first kappa shape index (κ1) is 23.5. The highest BCUT2D eigenvalue weighted by Crippen LogP contribution is 2.45. The van der Waals surface area contributed by atoms with Crippen molar-refractivity contribution in [3.8, 4) is 18.4 Å². The number of benzene rings is 1. The average molecular weight is 487 g/mol. The van der Waals surface area contributed by atoms with Gasteiger partial charge in [0.05, 0.1) is 17.0 Å². The SMILES string of the molecule is C#CCn1c(=O)c([N+](=O)[O-])c(N2CCN([C@H](c3ccc(F)cc3)C3CC3)CC2)c2nc(C#N)ccc21. The molecular formula is C26H23FN6O3. The highest BCUT2D eigenvalue weighted by molar-refractivity contribution is 5.94. The lowest BCUT2D eigenvalue weighted by Gasteiger charge is -2.40. The van der Waals surface area contributed by atoms with Gasteiger partial charge >= 0.3 is 11.2 Å². The third kappa shape index (κ3) is 4.16. The summed E-state index contributed by atoms with van der Waals surface area (Å²) in [6, 6.07) is 11.7. The van der Waals surface area contributed by atoms with Crippen LogP contribution in [0.4, 0.5) is 15.8 Å². The molecule has 1 saturated carbocycles. The number of aromatic nitrogens is 2. The fourth-order valence-corrected chi connectivity index (χ4v) is 5.15. The van der Waals surface area contributed by atoms with Crippen molar-refractivity contribution in [2.24, 2.45) is 5.92 Å². The van der Waals surface area contributed by atoms with E-state index in [0.717, 1.165) is 23.0 Å². The minimum atomic E-state index is -0.795. The van der Waals surface area contributed by atoms with Crippen LogP contribution in [-0.2, 0) is 6.54 Å². The summed E-state index contributed by atoms with van der Waals surface area (Å²) < 4.78 is 14.7. The van der Waals surface area contributed by atoms with E-state index in [1.165, 1.54) is 18.2 Å². The van der Waals surface area contributed by atoms with Crippen LogP contribution in [0.5, 0.6) is 0 Å². The molecule has 182 valence electrons. The lowest BCUT2D eigenvalue weighted by Crippen LogP contribution is -2.48. The molecule has 1 atom stereocenters. The molecule has 0 unspecified atom stereocenters.